The van der Waals surface area contributed by atoms with Crippen LogP contribution in [0.25, 0.3) is 110 Å². The predicted molar refractivity (Wildman–Crippen MR) is 481 cm³/mol. The van der Waals surface area contributed by atoms with Crippen molar-refractivity contribution in [1.29, 1.82) is 0 Å². The van der Waals surface area contributed by atoms with Crippen LogP contribution in [-0.2, 0) is 38.4 Å². The number of nitrogens with zero attached hydrogens (tertiary/aromatic N) is 8. The summed E-state index contributed by atoms with van der Waals surface area (Å²) < 4.78 is 6.49. The molecule has 0 aliphatic rings. The van der Waals surface area contributed by atoms with Gasteiger partial charge in [0.15, 0.2) is 22.6 Å². The van der Waals surface area contributed by atoms with Crippen LogP contribution in [0.15, 0.2) is 213 Å². The van der Waals surface area contributed by atoms with Gasteiger partial charge in [-0.1, -0.05) is 208 Å². The minimum Gasteiger partial charge on any atom is -0.481 e. The Labute approximate surface area is 693 Å². The molecule has 32 heteroatoms. The molecule has 0 radical (unpaired) electrons. The number of rotatable bonds is 0. The topological polar surface area (TPSA) is 499 Å². The summed E-state index contributed by atoms with van der Waals surface area (Å²) in [6.07, 6.45) is 0. The quantitative estimate of drug-likeness (QED) is 0.0671. The Morgan fingerprint density at radius 3 is 0.475 bits per heavy atom. The lowest BCUT2D eigenvalue weighted by Crippen LogP contribution is -2.15. The average Bonchev–Trinajstić information content (AvgIpc) is 1.62. The van der Waals surface area contributed by atoms with Crippen LogP contribution in [0.5, 0.6) is 0 Å². The molecule has 0 bridgehead atoms. The number of para-hydroxylation sites is 12. The highest BCUT2D eigenvalue weighted by molar-refractivity contribution is 5.99. The lowest BCUT2D eigenvalue weighted by atomic mass is 10.2. The number of carbonyl (C=O) groups is 8. The summed E-state index contributed by atoms with van der Waals surface area (Å²) in [5.41, 5.74) is 12.1. The summed E-state index contributed by atoms with van der Waals surface area (Å²) in [7, 11) is 0. The van der Waals surface area contributed by atoms with Gasteiger partial charge in [0.2, 0.25) is 0 Å². The second-order valence-electron chi connectivity index (χ2n) is 21.1. The van der Waals surface area contributed by atoms with Gasteiger partial charge < -0.3 is 60.8 Å². The molecule has 0 saturated heterocycles. The minimum absolute atomic E-state index is 0.155. The van der Waals surface area contributed by atoms with Crippen molar-refractivity contribution in [3.63, 3.8) is 0 Å². The predicted octanol–water partition coefficient (Wildman–Crippen LogP) is 18.3. The van der Waals surface area contributed by atoms with E-state index in [0.717, 1.165) is 143 Å². The van der Waals surface area contributed by atoms with Gasteiger partial charge in [0.25, 0.3) is 47.8 Å². The molecule has 32 nitrogen and oxygen atoms in total. The van der Waals surface area contributed by atoms with E-state index in [1.807, 2.05) is 305 Å². The van der Waals surface area contributed by atoms with E-state index in [9.17, 15) is 19.2 Å². The number of hydrogen-bond donors (Lipinski definition) is 12. The first kappa shape index (κ1) is 112. The smallest absolute Gasteiger partial charge is 0.332 e. The Morgan fingerprint density at radius 2 is 0.333 bits per heavy atom. The van der Waals surface area contributed by atoms with Gasteiger partial charge in [-0.15, -0.1) is 0 Å². The van der Waals surface area contributed by atoms with Crippen LogP contribution in [0.1, 0.15) is 166 Å². The molecule has 12 N–H and O–H groups in total. The molecule has 8 heterocycles. The second kappa shape index (κ2) is 62.6. The zero-order valence-corrected chi connectivity index (χ0v) is 72.5. The minimum atomic E-state index is -0.833. The zero-order valence-electron chi connectivity index (χ0n) is 72.5. The molecule has 16 rings (SSSR count). The van der Waals surface area contributed by atoms with Gasteiger partial charge in [0, 0.05) is 76.9 Å². The maximum absolute atomic E-state index is 12.1. The molecule has 0 unspecified atom stereocenters. The fourth-order valence-electron chi connectivity index (χ4n) is 9.48. The Balaban J connectivity index is -0.000000637. The Bertz CT molecular complexity index is 5240. The lowest BCUT2D eigenvalue weighted by Gasteiger charge is -1.99. The van der Waals surface area contributed by atoms with Gasteiger partial charge >= 0.3 is 22.8 Å². The van der Waals surface area contributed by atoms with Crippen molar-refractivity contribution in [2.45, 2.75) is 166 Å². The van der Waals surface area contributed by atoms with Gasteiger partial charge in [0.05, 0.1) is 66.2 Å². The maximum atomic E-state index is 12.1. The normalized spacial score (nSPS) is 9.00. The van der Waals surface area contributed by atoms with Crippen molar-refractivity contribution >= 4 is 158 Å². The van der Waals surface area contributed by atoms with Crippen molar-refractivity contribution in [2.75, 3.05) is 0 Å². The SMILES string of the molecule is CC.CC.CC.CC.CC.CC.CC.CC.CC(=O)O.CC(=O)O.CC(=O)O.CC(=O)O.CC(=O)O.CC(=O)O.CC(=O)O.CC(=O)O.O=c1[nH]c2ccccc2c2nc3ccccc3n12.O=c1[nH]c2ccccc2c2nc3ccccc3n12.O=c1[nH]c2ccccc2c2nc3ccccc3n12.O=c1[nH]c2ccccc2c2nc3ccccc3n12. The van der Waals surface area contributed by atoms with Gasteiger partial charge in [-0.05, 0) is 97.1 Å². The molecule has 8 aromatic carbocycles. The van der Waals surface area contributed by atoms with E-state index < -0.39 is 47.8 Å². The number of aromatic nitrogens is 12. The number of hydrogen-bond acceptors (Lipinski definition) is 16. The number of carboxylic acids is 8. The van der Waals surface area contributed by atoms with Crippen LogP contribution >= 0.6 is 0 Å². The molecule has 0 atom stereocenters. The van der Waals surface area contributed by atoms with Crippen LogP contribution in [-0.4, -0.2) is 146 Å². The largest absolute Gasteiger partial charge is 0.481 e. The molecule has 0 fully saturated rings. The first-order chi connectivity index (χ1) is 57.2. The van der Waals surface area contributed by atoms with E-state index in [1.165, 1.54) is 0 Å². The standard InChI is InChI=1S/4C14H9N3O.8C2H4O2.8C2H6/c4*18-14-16-10-6-2-1-5-9(10)13-15-11-7-3-4-8-12(11)17(13)14;8*1-2(3)4;8*1-2/h4*1-8H,(H,16,18);8*1H3,(H,3,4);8*1-2H3. The number of aromatic amines is 4. The lowest BCUT2D eigenvalue weighted by molar-refractivity contribution is -0.135. The van der Waals surface area contributed by atoms with E-state index in [2.05, 4.69) is 39.9 Å². The van der Waals surface area contributed by atoms with Crippen LogP contribution < -0.4 is 22.8 Å². The van der Waals surface area contributed by atoms with Crippen molar-refractivity contribution < 1.29 is 79.2 Å². The van der Waals surface area contributed by atoms with Crippen molar-refractivity contribution in [1.82, 2.24) is 57.5 Å². The number of H-pyrrole nitrogens is 4. The number of imidazole rings is 4. The van der Waals surface area contributed by atoms with Crippen molar-refractivity contribution in [3.05, 3.63) is 236 Å². The number of aliphatic carboxylic acids is 8. The molecule has 0 aliphatic carbocycles. The summed E-state index contributed by atoms with van der Waals surface area (Å²) >= 11 is 0. The molecule has 0 saturated carbocycles. The van der Waals surface area contributed by atoms with E-state index in [0.29, 0.717) is 22.6 Å². The monoisotopic (exact) mass is 1660 g/mol. The van der Waals surface area contributed by atoms with Crippen LogP contribution in [0.2, 0.25) is 0 Å². The molecular formula is C88H116N12O20. The molecule has 0 amide bonds. The molecular weight excluding hydrogens is 1550 g/mol. The van der Waals surface area contributed by atoms with Gasteiger partial charge in [-0.25, -0.2) is 56.7 Å². The molecule has 8 aromatic heterocycles. The van der Waals surface area contributed by atoms with Crippen LogP contribution in [0.3, 0.4) is 0 Å². The number of fused-ring (bicyclic) bond motifs is 20. The van der Waals surface area contributed by atoms with Gasteiger partial charge in [0.1, 0.15) is 0 Å². The summed E-state index contributed by atoms with van der Waals surface area (Å²) in [6, 6.07) is 61.4. The summed E-state index contributed by atoms with van der Waals surface area (Å²) in [5, 5.41) is 63.1. The Kier molecular flexibility index (Phi) is 58.2. The Morgan fingerprint density at radius 1 is 0.217 bits per heavy atom. The highest BCUT2D eigenvalue weighted by Crippen LogP contribution is 2.25. The fourth-order valence-corrected chi connectivity index (χ4v) is 9.48. The second-order valence-corrected chi connectivity index (χ2v) is 21.1. The molecule has 120 heavy (non-hydrogen) atoms. The van der Waals surface area contributed by atoms with Crippen molar-refractivity contribution in [3.8, 4) is 0 Å². The maximum Gasteiger partial charge on any atom is 0.332 e. The summed E-state index contributed by atoms with van der Waals surface area (Å²) in [5.74, 6) is -6.67. The Hall–Kier alpha value is -14.7. The first-order valence-corrected chi connectivity index (χ1v) is 38.3. The number of benzene rings is 8. The third-order valence-electron chi connectivity index (χ3n) is 12.7. The highest BCUT2D eigenvalue weighted by Gasteiger charge is 2.14. The molecule has 0 spiro atoms. The number of nitrogens with one attached hydrogen (secondary N) is 4. The average molecular weight is 1660 g/mol. The third-order valence-corrected chi connectivity index (χ3v) is 12.7. The molecule has 0 aliphatic heterocycles. The molecule has 16 aromatic rings. The van der Waals surface area contributed by atoms with Crippen molar-refractivity contribution in [2.24, 2.45) is 0 Å². The third kappa shape index (κ3) is 37.7. The van der Waals surface area contributed by atoms with E-state index in [4.69, 9.17) is 79.2 Å². The number of carboxylic acid groups (broad SMARTS) is 8. The highest BCUT2D eigenvalue weighted by atomic mass is 16.4. The first-order valence-electron chi connectivity index (χ1n) is 38.3. The van der Waals surface area contributed by atoms with E-state index in [1.54, 1.807) is 17.6 Å². The van der Waals surface area contributed by atoms with Crippen LogP contribution in [0.4, 0.5) is 0 Å². The van der Waals surface area contributed by atoms with Gasteiger partial charge in [-0.2, -0.15) is 0 Å². The van der Waals surface area contributed by atoms with E-state index in [-0.39, 0.29) is 22.8 Å². The molecule has 648 valence electrons. The summed E-state index contributed by atoms with van der Waals surface area (Å²) in [4.78, 5) is 150. The zero-order chi connectivity index (χ0) is 93.1. The van der Waals surface area contributed by atoms with Crippen LogP contribution in [0, 0.1) is 0 Å². The fraction of sp³-hybridized carbons (Fsp3) is 0.273. The van der Waals surface area contributed by atoms with E-state index >= 15 is 0 Å². The van der Waals surface area contributed by atoms with Gasteiger partial charge in [-0.3, -0.25) is 38.4 Å². The summed E-state index contributed by atoms with van der Waals surface area (Å²) in [6.45, 7) is 40.7.